The molecule has 1 saturated heterocycles. The lowest BCUT2D eigenvalue weighted by atomic mass is 9.99. The molecule has 4 atom stereocenters. The van der Waals surface area contributed by atoms with Gasteiger partial charge in [0.05, 0.1) is 12.1 Å². The molecule has 0 spiro atoms. The number of hydrogen-bond acceptors (Lipinski definition) is 4. The van der Waals surface area contributed by atoms with E-state index in [1.54, 1.807) is 11.3 Å². The highest BCUT2D eigenvalue weighted by Gasteiger charge is 2.33. The molecule has 4 heteroatoms. The Hall–Kier alpha value is -0.420. The molecule has 0 radical (unpaired) electrons. The van der Waals surface area contributed by atoms with E-state index in [-0.39, 0.29) is 12.1 Å². The van der Waals surface area contributed by atoms with Crippen molar-refractivity contribution in [2.75, 3.05) is 13.7 Å². The van der Waals surface area contributed by atoms with Crippen LogP contribution < -0.4 is 5.73 Å². The summed E-state index contributed by atoms with van der Waals surface area (Å²) < 4.78 is 5.65. The van der Waals surface area contributed by atoms with Crippen LogP contribution in [0, 0.1) is 0 Å². The van der Waals surface area contributed by atoms with Crippen LogP contribution in [-0.2, 0) is 4.74 Å². The lowest BCUT2D eigenvalue weighted by molar-refractivity contribution is 0.0627. The number of ether oxygens (including phenoxy) is 1. The minimum absolute atomic E-state index is 0.127. The lowest BCUT2D eigenvalue weighted by Crippen LogP contribution is -2.45. The van der Waals surface area contributed by atoms with Crippen LogP contribution in [0.3, 0.4) is 0 Å². The summed E-state index contributed by atoms with van der Waals surface area (Å²) in [6, 6.07) is 3.07. The van der Waals surface area contributed by atoms with Gasteiger partial charge in [0.1, 0.15) is 0 Å². The van der Waals surface area contributed by atoms with Crippen LogP contribution in [0.1, 0.15) is 31.9 Å². The number of nitrogens with zero attached hydrogens (tertiary/aromatic N) is 1. The van der Waals surface area contributed by atoms with E-state index in [0.717, 1.165) is 13.0 Å². The number of hydrogen-bond donors (Lipinski definition) is 1. The Morgan fingerprint density at radius 2 is 2.35 bits per heavy atom. The van der Waals surface area contributed by atoms with Crippen LogP contribution in [0.25, 0.3) is 0 Å². The van der Waals surface area contributed by atoms with E-state index < -0.39 is 0 Å². The summed E-state index contributed by atoms with van der Waals surface area (Å²) in [5.74, 6) is 0. The summed E-state index contributed by atoms with van der Waals surface area (Å²) in [7, 11) is 2.17. The Kier molecular flexibility index (Phi) is 4.20. The monoisotopic (exact) mass is 254 g/mol. The van der Waals surface area contributed by atoms with Crippen molar-refractivity contribution in [3.8, 4) is 0 Å². The van der Waals surface area contributed by atoms with E-state index >= 15 is 0 Å². The predicted molar refractivity (Wildman–Crippen MR) is 72.3 cm³/mol. The highest BCUT2D eigenvalue weighted by atomic mass is 32.1. The lowest BCUT2D eigenvalue weighted by Gasteiger charge is -2.36. The molecule has 1 aliphatic heterocycles. The molecule has 0 aromatic carbocycles. The first-order chi connectivity index (χ1) is 8.11. The van der Waals surface area contributed by atoms with Crippen molar-refractivity contribution in [1.82, 2.24) is 4.90 Å². The van der Waals surface area contributed by atoms with Crippen molar-refractivity contribution in [1.29, 1.82) is 0 Å². The SMILES string of the molecule is CC(N)C(c1ccsc1)N(C)C1CCOC1C. The van der Waals surface area contributed by atoms with Gasteiger partial charge in [0.25, 0.3) is 0 Å². The second-order valence-electron chi connectivity index (χ2n) is 4.96. The molecule has 1 aromatic rings. The molecule has 2 rings (SSSR count). The van der Waals surface area contributed by atoms with Crippen molar-refractivity contribution in [3.05, 3.63) is 22.4 Å². The Labute approximate surface area is 108 Å². The highest BCUT2D eigenvalue weighted by Crippen LogP contribution is 2.30. The molecule has 0 amide bonds. The van der Waals surface area contributed by atoms with E-state index in [4.69, 9.17) is 10.5 Å². The van der Waals surface area contributed by atoms with Gasteiger partial charge in [0.15, 0.2) is 0 Å². The molecule has 0 aliphatic carbocycles. The average molecular weight is 254 g/mol. The van der Waals surface area contributed by atoms with E-state index in [1.807, 2.05) is 0 Å². The Balaban J connectivity index is 2.16. The Bertz CT molecular complexity index is 339. The summed E-state index contributed by atoms with van der Waals surface area (Å²) in [4.78, 5) is 2.39. The maximum atomic E-state index is 6.16. The molecule has 1 aromatic heterocycles. The standard InChI is InChI=1S/C13H22N2OS/c1-9(14)13(11-5-7-17-8-11)15(3)12-4-6-16-10(12)2/h5,7-10,12-13H,4,6,14H2,1-3H3. The van der Waals surface area contributed by atoms with Gasteiger partial charge in [-0.25, -0.2) is 0 Å². The molecule has 1 aliphatic rings. The van der Waals surface area contributed by atoms with Gasteiger partial charge >= 0.3 is 0 Å². The molecule has 1 fully saturated rings. The smallest absolute Gasteiger partial charge is 0.0703 e. The third kappa shape index (κ3) is 2.71. The Morgan fingerprint density at radius 1 is 1.59 bits per heavy atom. The first kappa shape index (κ1) is 13.0. The molecule has 2 heterocycles. The Morgan fingerprint density at radius 3 is 2.82 bits per heavy atom. The normalized spacial score (nSPS) is 28.5. The quantitative estimate of drug-likeness (QED) is 0.895. The summed E-state index contributed by atoms with van der Waals surface area (Å²) in [5, 5.41) is 4.32. The van der Waals surface area contributed by atoms with Crippen molar-refractivity contribution in [3.63, 3.8) is 0 Å². The maximum Gasteiger partial charge on any atom is 0.0703 e. The van der Waals surface area contributed by atoms with E-state index in [1.165, 1.54) is 5.56 Å². The first-order valence-corrected chi connectivity index (χ1v) is 7.16. The molecule has 2 N–H and O–H groups in total. The summed E-state index contributed by atoms with van der Waals surface area (Å²) in [6.45, 7) is 5.10. The maximum absolute atomic E-state index is 6.16. The fourth-order valence-corrected chi connectivity index (χ4v) is 3.50. The van der Waals surface area contributed by atoms with Crippen LogP contribution in [-0.4, -0.2) is 36.7 Å². The van der Waals surface area contributed by atoms with Gasteiger partial charge < -0.3 is 10.5 Å². The predicted octanol–water partition coefficient (Wildman–Crippen LogP) is 2.25. The van der Waals surface area contributed by atoms with Gasteiger partial charge in [-0.05, 0) is 49.7 Å². The van der Waals surface area contributed by atoms with Crippen LogP contribution in [0.15, 0.2) is 16.8 Å². The number of thiophene rings is 1. The van der Waals surface area contributed by atoms with Crippen LogP contribution in [0.4, 0.5) is 0 Å². The van der Waals surface area contributed by atoms with E-state index in [0.29, 0.717) is 12.1 Å². The van der Waals surface area contributed by atoms with Crippen LogP contribution in [0.5, 0.6) is 0 Å². The van der Waals surface area contributed by atoms with Crippen molar-refractivity contribution in [2.24, 2.45) is 5.73 Å². The molecule has 3 nitrogen and oxygen atoms in total. The van der Waals surface area contributed by atoms with Crippen molar-refractivity contribution in [2.45, 2.75) is 44.5 Å². The fraction of sp³-hybridized carbons (Fsp3) is 0.692. The molecule has 0 bridgehead atoms. The van der Waals surface area contributed by atoms with Crippen LogP contribution >= 0.6 is 11.3 Å². The van der Waals surface area contributed by atoms with E-state index in [9.17, 15) is 0 Å². The second-order valence-corrected chi connectivity index (χ2v) is 5.74. The number of nitrogens with two attached hydrogens (primary N) is 1. The minimum atomic E-state index is 0.127. The zero-order chi connectivity index (χ0) is 12.4. The summed E-state index contributed by atoms with van der Waals surface area (Å²) in [6.07, 6.45) is 1.41. The second kappa shape index (κ2) is 5.48. The van der Waals surface area contributed by atoms with Gasteiger partial charge in [-0.15, -0.1) is 0 Å². The van der Waals surface area contributed by atoms with E-state index in [2.05, 4.69) is 42.6 Å². The minimum Gasteiger partial charge on any atom is -0.377 e. The van der Waals surface area contributed by atoms with Gasteiger partial charge in [0.2, 0.25) is 0 Å². The average Bonchev–Trinajstić information content (AvgIpc) is 2.88. The number of likely N-dealkylation sites (N-methyl/N-ethyl adjacent to an activating group) is 1. The van der Waals surface area contributed by atoms with Crippen LogP contribution in [0.2, 0.25) is 0 Å². The van der Waals surface area contributed by atoms with Gasteiger partial charge in [0, 0.05) is 18.7 Å². The molecular weight excluding hydrogens is 232 g/mol. The third-order valence-corrected chi connectivity index (χ3v) is 4.38. The first-order valence-electron chi connectivity index (χ1n) is 6.22. The molecular formula is C13H22N2OS. The van der Waals surface area contributed by atoms with Gasteiger partial charge in [-0.1, -0.05) is 0 Å². The number of rotatable bonds is 4. The summed E-state index contributed by atoms with van der Waals surface area (Å²) >= 11 is 1.73. The highest BCUT2D eigenvalue weighted by molar-refractivity contribution is 7.07. The zero-order valence-electron chi connectivity index (χ0n) is 10.8. The molecule has 4 unspecified atom stereocenters. The zero-order valence-corrected chi connectivity index (χ0v) is 11.6. The van der Waals surface area contributed by atoms with Crippen molar-refractivity contribution >= 4 is 11.3 Å². The fourth-order valence-electron chi connectivity index (χ4n) is 2.81. The van der Waals surface area contributed by atoms with Crippen molar-refractivity contribution < 1.29 is 4.74 Å². The van der Waals surface area contributed by atoms with Gasteiger partial charge in [-0.2, -0.15) is 11.3 Å². The molecule has 17 heavy (non-hydrogen) atoms. The molecule has 96 valence electrons. The third-order valence-electron chi connectivity index (χ3n) is 3.68. The summed E-state index contributed by atoms with van der Waals surface area (Å²) in [5.41, 5.74) is 7.49. The topological polar surface area (TPSA) is 38.5 Å². The van der Waals surface area contributed by atoms with Gasteiger partial charge in [-0.3, -0.25) is 4.90 Å². The largest absolute Gasteiger partial charge is 0.377 e. The molecule has 0 saturated carbocycles.